The molecule has 3 aromatic carbocycles. The van der Waals surface area contributed by atoms with Gasteiger partial charge in [-0.15, -0.1) is 11.3 Å². The van der Waals surface area contributed by atoms with Gasteiger partial charge in [-0.2, -0.15) is 0 Å². The van der Waals surface area contributed by atoms with Crippen molar-refractivity contribution >= 4 is 22.9 Å². The van der Waals surface area contributed by atoms with Crippen LogP contribution >= 0.6 is 22.9 Å². The van der Waals surface area contributed by atoms with Gasteiger partial charge >= 0.3 is 0 Å². The molecule has 0 bridgehead atoms. The van der Waals surface area contributed by atoms with Crippen molar-refractivity contribution in [2.24, 2.45) is 0 Å². The van der Waals surface area contributed by atoms with Crippen LogP contribution in [0.2, 0.25) is 5.02 Å². The summed E-state index contributed by atoms with van der Waals surface area (Å²) in [7, 11) is 0. The lowest BCUT2D eigenvalue weighted by atomic mass is 9.84. The quantitative estimate of drug-likeness (QED) is 0.279. The Balaban J connectivity index is 1.39. The van der Waals surface area contributed by atoms with E-state index in [-0.39, 0.29) is 0 Å². The van der Waals surface area contributed by atoms with Gasteiger partial charge in [-0.25, -0.2) is 4.98 Å². The Morgan fingerprint density at radius 1 is 0.970 bits per heavy atom. The van der Waals surface area contributed by atoms with E-state index < -0.39 is 0 Å². The van der Waals surface area contributed by atoms with Crippen LogP contribution in [0.4, 0.5) is 0 Å². The van der Waals surface area contributed by atoms with Gasteiger partial charge in [-0.05, 0) is 84.7 Å². The summed E-state index contributed by atoms with van der Waals surface area (Å²) < 4.78 is 6.26. The number of benzene rings is 3. The summed E-state index contributed by atoms with van der Waals surface area (Å²) >= 11 is 7.83. The molecule has 4 heteroatoms. The molecule has 2 nitrogen and oxygen atoms in total. The first-order chi connectivity index (χ1) is 16.2. The number of thiazole rings is 1. The summed E-state index contributed by atoms with van der Waals surface area (Å²) in [5.41, 5.74) is 5.92. The van der Waals surface area contributed by atoms with Crippen LogP contribution in [0, 0.1) is 13.3 Å². The first kappa shape index (κ1) is 22.2. The normalized spacial score (nSPS) is 14.4. The van der Waals surface area contributed by atoms with E-state index in [1.807, 2.05) is 18.3 Å². The molecular formula is C29H27ClNOS. The van der Waals surface area contributed by atoms with E-state index >= 15 is 0 Å². The summed E-state index contributed by atoms with van der Waals surface area (Å²) in [6.07, 6.45) is 9.52. The molecule has 1 fully saturated rings. The minimum Gasteiger partial charge on any atom is -0.489 e. The number of ether oxygens (including phenoxy) is 1. The molecule has 1 aliphatic rings. The van der Waals surface area contributed by atoms with E-state index in [2.05, 4.69) is 72.9 Å². The van der Waals surface area contributed by atoms with Crippen molar-refractivity contribution in [1.29, 1.82) is 0 Å². The Hall–Kier alpha value is -2.62. The van der Waals surface area contributed by atoms with Crippen LogP contribution in [-0.4, -0.2) is 4.98 Å². The second-order valence-electron chi connectivity index (χ2n) is 8.64. The highest BCUT2D eigenvalue weighted by Gasteiger charge is 2.16. The molecule has 1 aliphatic carbocycles. The number of aryl methyl sites for hydroxylation is 1. The van der Waals surface area contributed by atoms with Gasteiger partial charge in [0.25, 0.3) is 0 Å². The van der Waals surface area contributed by atoms with Crippen molar-refractivity contribution in [3.8, 4) is 27.4 Å². The van der Waals surface area contributed by atoms with Gasteiger partial charge in [-0.3, -0.25) is 0 Å². The summed E-state index contributed by atoms with van der Waals surface area (Å²) in [5.74, 6) is 1.48. The van der Waals surface area contributed by atoms with Crippen molar-refractivity contribution < 1.29 is 4.74 Å². The highest BCUT2D eigenvalue weighted by molar-refractivity contribution is 7.14. The molecule has 0 aliphatic heterocycles. The summed E-state index contributed by atoms with van der Waals surface area (Å²) in [6.45, 7) is 2.58. The van der Waals surface area contributed by atoms with Crippen LogP contribution in [0.25, 0.3) is 21.7 Å². The average molecular weight is 473 g/mol. The van der Waals surface area contributed by atoms with Crippen LogP contribution < -0.4 is 4.74 Å². The molecule has 0 amide bonds. The first-order valence-corrected chi connectivity index (χ1v) is 12.7. The molecule has 167 valence electrons. The SMILES string of the molecule is Cc1cnc(-c2ccc(-c3ccc(Cl)cc3)c(COc3ccc(C4[CH]CCCC4)cc3)c2)s1. The minimum absolute atomic E-state index is 0.491. The fourth-order valence-electron chi connectivity index (χ4n) is 4.47. The van der Waals surface area contributed by atoms with Gasteiger partial charge in [0.15, 0.2) is 0 Å². The van der Waals surface area contributed by atoms with Crippen molar-refractivity contribution in [3.63, 3.8) is 0 Å². The average Bonchev–Trinajstić information content (AvgIpc) is 3.30. The molecule has 0 N–H and O–H groups in total. The van der Waals surface area contributed by atoms with E-state index in [9.17, 15) is 0 Å². The molecule has 1 saturated carbocycles. The lowest BCUT2D eigenvalue weighted by Crippen LogP contribution is -2.05. The zero-order valence-electron chi connectivity index (χ0n) is 18.8. The van der Waals surface area contributed by atoms with Crippen molar-refractivity contribution in [2.45, 2.75) is 45.1 Å². The van der Waals surface area contributed by atoms with Gasteiger partial charge in [0.1, 0.15) is 17.4 Å². The number of hydrogen-bond acceptors (Lipinski definition) is 3. The van der Waals surface area contributed by atoms with Crippen LogP contribution in [0.1, 0.15) is 47.6 Å². The number of aromatic nitrogens is 1. The van der Waals surface area contributed by atoms with Gasteiger partial charge in [0.05, 0.1) is 0 Å². The fourth-order valence-corrected chi connectivity index (χ4v) is 5.35. The topological polar surface area (TPSA) is 22.1 Å². The van der Waals surface area contributed by atoms with E-state index in [1.165, 1.54) is 36.1 Å². The van der Waals surface area contributed by atoms with Crippen molar-refractivity contribution in [1.82, 2.24) is 4.98 Å². The highest BCUT2D eigenvalue weighted by Crippen LogP contribution is 2.34. The largest absolute Gasteiger partial charge is 0.489 e. The van der Waals surface area contributed by atoms with Gasteiger partial charge in [0, 0.05) is 21.7 Å². The third-order valence-corrected chi connectivity index (χ3v) is 7.47. The van der Waals surface area contributed by atoms with E-state index in [1.54, 1.807) is 11.3 Å². The molecule has 1 unspecified atom stereocenters. The maximum atomic E-state index is 6.26. The monoisotopic (exact) mass is 472 g/mol. The molecule has 0 spiro atoms. The van der Waals surface area contributed by atoms with Crippen molar-refractivity contribution in [3.05, 3.63) is 100 Å². The number of halogens is 1. The Morgan fingerprint density at radius 2 is 1.76 bits per heavy atom. The molecule has 0 saturated heterocycles. The standard InChI is InChI=1S/C29H27ClNOS/c1-20-18-31-29(33-20)24-11-16-28(23-7-12-26(30)13-8-23)25(17-24)19-32-27-14-9-22(10-15-27)21-5-3-2-4-6-21/h5,7-18,21H,2-4,6,19H2,1H3. The Kier molecular flexibility index (Phi) is 6.80. The van der Waals surface area contributed by atoms with Crippen LogP contribution in [-0.2, 0) is 6.61 Å². The number of rotatable bonds is 6. The predicted molar refractivity (Wildman–Crippen MR) is 139 cm³/mol. The summed E-state index contributed by atoms with van der Waals surface area (Å²) in [4.78, 5) is 5.78. The molecule has 1 aromatic heterocycles. The minimum atomic E-state index is 0.491. The zero-order valence-corrected chi connectivity index (χ0v) is 20.3. The maximum Gasteiger partial charge on any atom is 0.123 e. The Bertz CT molecular complexity index is 1210. The molecule has 4 aromatic rings. The molecular weight excluding hydrogens is 446 g/mol. The first-order valence-electron chi connectivity index (χ1n) is 11.5. The molecule has 1 heterocycles. The fraction of sp³-hybridized carbons (Fsp3) is 0.241. The molecule has 1 atom stereocenters. The van der Waals surface area contributed by atoms with Gasteiger partial charge < -0.3 is 4.74 Å². The molecule has 33 heavy (non-hydrogen) atoms. The van der Waals surface area contributed by atoms with Crippen molar-refractivity contribution in [2.75, 3.05) is 0 Å². The smallest absolute Gasteiger partial charge is 0.123 e. The van der Waals surface area contributed by atoms with Crippen LogP contribution in [0.3, 0.4) is 0 Å². The van der Waals surface area contributed by atoms with Gasteiger partial charge in [0.2, 0.25) is 0 Å². The van der Waals surface area contributed by atoms with E-state index in [4.69, 9.17) is 16.3 Å². The summed E-state index contributed by atoms with van der Waals surface area (Å²) in [5, 5.41) is 1.77. The third kappa shape index (κ3) is 5.31. The lowest BCUT2D eigenvalue weighted by molar-refractivity contribution is 0.306. The Morgan fingerprint density at radius 3 is 2.45 bits per heavy atom. The van der Waals surface area contributed by atoms with E-state index in [0.29, 0.717) is 12.5 Å². The molecule has 1 radical (unpaired) electrons. The second-order valence-corrected chi connectivity index (χ2v) is 10.3. The lowest BCUT2D eigenvalue weighted by Gasteiger charge is -2.21. The van der Waals surface area contributed by atoms with Gasteiger partial charge in [-0.1, -0.05) is 60.8 Å². The number of nitrogens with zero attached hydrogens (tertiary/aromatic N) is 1. The second kappa shape index (κ2) is 10.1. The van der Waals surface area contributed by atoms with E-state index in [0.717, 1.165) is 38.0 Å². The third-order valence-electron chi connectivity index (χ3n) is 6.25. The zero-order chi connectivity index (χ0) is 22.6. The predicted octanol–water partition coefficient (Wildman–Crippen LogP) is 8.88. The van der Waals surface area contributed by atoms with Crippen LogP contribution in [0.15, 0.2) is 72.9 Å². The molecule has 5 rings (SSSR count). The number of hydrogen-bond donors (Lipinski definition) is 0. The Labute approximate surface area is 205 Å². The highest BCUT2D eigenvalue weighted by atomic mass is 35.5. The summed E-state index contributed by atoms with van der Waals surface area (Å²) in [6, 6.07) is 23.1. The van der Waals surface area contributed by atoms with Crippen LogP contribution in [0.5, 0.6) is 5.75 Å². The maximum absolute atomic E-state index is 6.26.